The zero-order chi connectivity index (χ0) is 13.2. The fraction of sp³-hybridized carbons (Fsp3) is 0.571. The number of aromatic hydroxyl groups is 1. The molecule has 0 bridgehead atoms. The molecule has 18 heavy (non-hydrogen) atoms. The van der Waals surface area contributed by atoms with Crippen LogP contribution >= 0.6 is 11.6 Å². The smallest absolute Gasteiger partial charge is 0.120 e. The maximum Gasteiger partial charge on any atom is 0.120 e. The van der Waals surface area contributed by atoms with Crippen molar-refractivity contribution in [1.29, 1.82) is 0 Å². The molecule has 2 unspecified atom stereocenters. The van der Waals surface area contributed by atoms with Gasteiger partial charge in [0.25, 0.3) is 0 Å². The van der Waals surface area contributed by atoms with Gasteiger partial charge in [-0.1, -0.05) is 24.9 Å². The highest BCUT2D eigenvalue weighted by atomic mass is 35.5. The van der Waals surface area contributed by atoms with Crippen molar-refractivity contribution in [2.75, 3.05) is 6.61 Å². The molecule has 1 saturated carbocycles. The minimum Gasteiger partial charge on any atom is -0.508 e. The molecule has 1 aromatic carbocycles. The minimum absolute atomic E-state index is 0.0474. The summed E-state index contributed by atoms with van der Waals surface area (Å²) >= 11 is 5.92. The van der Waals surface area contributed by atoms with E-state index >= 15 is 0 Å². The van der Waals surface area contributed by atoms with E-state index in [1.807, 2.05) is 0 Å². The first-order valence-corrected chi connectivity index (χ1v) is 6.74. The van der Waals surface area contributed by atoms with Gasteiger partial charge in [-0.05, 0) is 31.0 Å². The Balaban J connectivity index is 2.01. The van der Waals surface area contributed by atoms with Crippen LogP contribution in [0.1, 0.15) is 31.7 Å². The van der Waals surface area contributed by atoms with Gasteiger partial charge in [-0.25, -0.2) is 0 Å². The van der Waals surface area contributed by atoms with Gasteiger partial charge in [0, 0.05) is 35.2 Å². The predicted octanol–water partition coefficient (Wildman–Crippen LogP) is 2.69. The Bertz CT molecular complexity index is 424. The molecule has 0 radical (unpaired) electrons. The second kappa shape index (κ2) is 5.47. The number of aliphatic hydroxyl groups excluding tert-OH is 1. The van der Waals surface area contributed by atoms with Gasteiger partial charge in [0.2, 0.25) is 0 Å². The Labute approximate surface area is 113 Å². The summed E-state index contributed by atoms with van der Waals surface area (Å²) in [7, 11) is 0. The summed E-state index contributed by atoms with van der Waals surface area (Å²) in [5.41, 5.74) is 0.753. The molecule has 4 heteroatoms. The summed E-state index contributed by atoms with van der Waals surface area (Å²) in [6.07, 6.45) is 3.25. The van der Waals surface area contributed by atoms with Crippen LogP contribution in [-0.4, -0.2) is 22.9 Å². The van der Waals surface area contributed by atoms with Crippen LogP contribution < -0.4 is 5.32 Å². The van der Waals surface area contributed by atoms with E-state index in [-0.39, 0.29) is 17.8 Å². The minimum atomic E-state index is -0.0474. The van der Waals surface area contributed by atoms with Crippen LogP contribution in [0.25, 0.3) is 0 Å². The molecule has 0 spiro atoms. The van der Waals surface area contributed by atoms with E-state index in [0.29, 0.717) is 17.6 Å². The Morgan fingerprint density at radius 3 is 3.00 bits per heavy atom. The van der Waals surface area contributed by atoms with E-state index in [1.54, 1.807) is 18.2 Å². The number of benzene rings is 1. The zero-order valence-corrected chi connectivity index (χ0v) is 11.4. The first-order valence-electron chi connectivity index (χ1n) is 6.37. The van der Waals surface area contributed by atoms with Crippen molar-refractivity contribution < 1.29 is 10.2 Å². The van der Waals surface area contributed by atoms with Gasteiger partial charge in [0.05, 0.1) is 0 Å². The molecule has 1 aliphatic carbocycles. The second-order valence-corrected chi connectivity index (χ2v) is 5.85. The number of halogens is 1. The number of nitrogens with one attached hydrogen (secondary N) is 1. The standard InChI is InChI=1S/C14H20ClNO2/c1-14(9-17)6-2-3-13(14)16-8-10-7-11(15)4-5-12(10)18/h4-5,7,13,16-18H,2-3,6,8-9H2,1H3. The molecular formula is C14H20ClNO2. The second-order valence-electron chi connectivity index (χ2n) is 5.41. The maximum atomic E-state index is 9.75. The van der Waals surface area contributed by atoms with Crippen molar-refractivity contribution in [2.45, 2.75) is 38.8 Å². The van der Waals surface area contributed by atoms with E-state index < -0.39 is 0 Å². The highest BCUT2D eigenvalue weighted by Crippen LogP contribution is 2.37. The lowest BCUT2D eigenvalue weighted by Gasteiger charge is -2.30. The Morgan fingerprint density at radius 1 is 1.50 bits per heavy atom. The molecule has 3 nitrogen and oxygen atoms in total. The summed E-state index contributed by atoms with van der Waals surface area (Å²) in [4.78, 5) is 0. The third-order valence-electron chi connectivity index (χ3n) is 4.02. The Morgan fingerprint density at radius 2 is 2.28 bits per heavy atom. The molecule has 0 heterocycles. The van der Waals surface area contributed by atoms with Crippen molar-refractivity contribution in [3.63, 3.8) is 0 Å². The maximum absolute atomic E-state index is 9.75. The normalized spacial score (nSPS) is 27.6. The van der Waals surface area contributed by atoms with Crippen LogP contribution in [0.3, 0.4) is 0 Å². The van der Waals surface area contributed by atoms with Gasteiger partial charge in [0.15, 0.2) is 0 Å². The van der Waals surface area contributed by atoms with Crippen LogP contribution in [-0.2, 0) is 6.54 Å². The number of hydrogen-bond acceptors (Lipinski definition) is 3. The van der Waals surface area contributed by atoms with Crippen LogP contribution in [0.2, 0.25) is 5.02 Å². The summed E-state index contributed by atoms with van der Waals surface area (Å²) in [5.74, 6) is 0.260. The summed E-state index contributed by atoms with van der Waals surface area (Å²) in [5, 5.41) is 23.3. The SMILES string of the molecule is CC1(CO)CCCC1NCc1cc(Cl)ccc1O. The average Bonchev–Trinajstić information content (AvgIpc) is 2.73. The van der Waals surface area contributed by atoms with Crippen molar-refractivity contribution >= 4 is 11.6 Å². The average molecular weight is 270 g/mol. The fourth-order valence-electron chi connectivity index (χ4n) is 2.70. The van der Waals surface area contributed by atoms with E-state index in [4.69, 9.17) is 11.6 Å². The predicted molar refractivity (Wildman–Crippen MR) is 72.8 cm³/mol. The van der Waals surface area contributed by atoms with E-state index in [0.717, 1.165) is 24.8 Å². The molecule has 0 saturated heterocycles. The molecular weight excluding hydrogens is 250 g/mol. The summed E-state index contributed by atoms with van der Waals surface area (Å²) < 4.78 is 0. The molecule has 1 fully saturated rings. The third kappa shape index (κ3) is 2.79. The van der Waals surface area contributed by atoms with Gasteiger partial charge in [0.1, 0.15) is 5.75 Å². The summed E-state index contributed by atoms with van der Waals surface area (Å²) in [6, 6.07) is 5.35. The third-order valence-corrected chi connectivity index (χ3v) is 4.26. The van der Waals surface area contributed by atoms with Gasteiger partial charge < -0.3 is 15.5 Å². The van der Waals surface area contributed by atoms with Gasteiger partial charge >= 0.3 is 0 Å². The first kappa shape index (κ1) is 13.7. The Kier molecular flexibility index (Phi) is 4.15. The molecule has 1 aromatic rings. The topological polar surface area (TPSA) is 52.5 Å². The lowest BCUT2D eigenvalue weighted by molar-refractivity contribution is 0.118. The Hall–Kier alpha value is -0.770. The molecule has 0 aromatic heterocycles. The highest BCUT2D eigenvalue weighted by Gasteiger charge is 2.37. The molecule has 1 aliphatic rings. The van der Waals surface area contributed by atoms with Crippen molar-refractivity contribution in [3.05, 3.63) is 28.8 Å². The lowest BCUT2D eigenvalue weighted by atomic mass is 9.85. The van der Waals surface area contributed by atoms with Crippen LogP contribution in [0.4, 0.5) is 0 Å². The molecule has 3 N–H and O–H groups in total. The summed E-state index contributed by atoms with van der Waals surface area (Å²) in [6.45, 7) is 2.88. The number of phenolic OH excluding ortho intramolecular Hbond substituents is 1. The van der Waals surface area contributed by atoms with Gasteiger partial charge in [-0.2, -0.15) is 0 Å². The molecule has 2 rings (SSSR count). The van der Waals surface area contributed by atoms with E-state index in [1.165, 1.54) is 0 Å². The lowest BCUT2D eigenvalue weighted by Crippen LogP contribution is -2.41. The van der Waals surface area contributed by atoms with Gasteiger partial charge in [-0.3, -0.25) is 0 Å². The van der Waals surface area contributed by atoms with Gasteiger partial charge in [-0.15, -0.1) is 0 Å². The van der Waals surface area contributed by atoms with E-state index in [9.17, 15) is 10.2 Å². The number of rotatable bonds is 4. The monoisotopic (exact) mass is 269 g/mol. The fourth-order valence-corrected chi connectivity index (χ4v) is 2.89. The number of hydrogen-bond donors (Lipinski definition) is 3. The van der Waals surface area contributed by atoms with Crippen LogP contribution in [0, 0.1) is 5.41 Å². The van der Waals surface area contributed by atoms with Crippen molar-refractivity contribution in [1.82, 2.24) is 5.32 Å². The number of phenols is 1. The van der Waals surface area contributed by atoms with Crippen molar-refractivity contribution in [3.8, 4) is 5.75 Å². The van der Waals surface area contributed by atoms with Crippen LogP contribution in [0.15, 0.2) is 18.2 Å². The zero-order valence-electron chi connectivity index (χ0n) is 10.6. The molecule has 2 atom stereocenters. The van der Waals surface area contributed by atoms with E-state index in [2.05, 4.69) is 12.2 Å². The van der Waals surface area contributed by atoms with Crippen molar-refractivity contribution in [2.24, 2.45) is 5.41 Å². The molecule has 100 valence electrons. The molecule has 0 amide bonds. The quantitative estimate of drug-likeness (QED) is 0.788. The van der Waals surface area contributed by atoms with Crippen LogP contribution in [0.5, 0.6) is 5.75 Å². The largest absolute Gasteiger partial charge is 0.508 e. The number of aliphatic hydroxyl groups is 1. The molecule has 0 aliphatic heterocycles. The first-order chi connectivity index (χ1) is 8.55. The highest BCUT2D eigenvalue weighted by molar-refractivity contribution is 6.30.